The SMILES string of the molecule is CCn1c(=O)c2cc3cc4ccc5cc6cc7c(=O)[nH]c(=O)c7cc6cc5ccc4cc3cc2c1=O. The Morgan fingerprint density at radius 1 is 0.500 bits per heavy atom. The minimum atomic E-state index is -0.367. The molecule has 5 aromatic carbocycles. The van der Waals surface area contributed by atoms with Crippen LogP contribution in [0.25, 0.3) is 64.6 Å². The number of aromatic nitrogens is 2. The summed E-state index contributed by atoms with van der Waals surface area (Å²) in [4.78, 5) is 51.9. The fourth-order valence-corrected chi connectivity index (χ4v) is 5.34. The molecule has 0 saturated carbocycles. The van der Waals surface area contributed by atoms with Gasteiger partial charge in [0.05, 0.1) is 21.5 Å². The molecule has 0 aliphatic rings. The molecule has 7 rings (SSSR count). The van der Waals surface area contributed by atoms with Crippen molar-refractivity contribution < 1.29 is 0 Å². The number of nitrogens with one attached hydrogen (secondary N) is 1. The van der Waals surface area contributed by atoms with E-state index in [9.17, 15) is 19.2 Å². The largest absolute Gasteiger partial charge is 0.288 e. The van der Waals surface area contributed by atoms with Gasteiger partial charge in [-0.1, -0.05) is 24.3 Å². The minimum Gasteiger partial charge on any atom is -0.288 e. The molecule has 0 amide bonds. The van der Waals surface area contributed by atoms with Crippen LogP contribution >= 0.6 is 0 Å². The number of aromatic amines is 1. The van der Waals surface area contributed by atoms with Crippen molar-refractivity contribution in [2.24, 2.45) is 0 Å². The maximum absolute atomic E-state index is 12.7. The van der Waals surface area contributed by atoms with Gasteiger partial charge in [0.1, 0.15) is 0 Å². The van der Waals surface area contributed by atoms with E-state index in [1.54, 1.807) is 19.1 Å². The van der Waals surface area contributed by atoms with Gasteiger partial charge in [-0.05, 0) is 98.5 Å². The first-order valence-electron chi connectivity index (χ1n) is 11.7. The predicted octanol–water partition coefficient (Wildman–Crippen LogP) is 4.63. The molecule has 0 unspecified atom stereocenters. The summed E-state index contributed by atoms with van der Waals surface area (Å²) in [5, 5.41) is 9.23. The highest BCUT2D eigenvalue weighted by Crippen LogP contribution is 2.28. The van der Waals surface area contributed by atoms with Crippen LogP contribution < -0.4 is 22.2 Å². The second-order valence-corrected chi connectivity index (χ2v) is 9.26. The highest BCUT2D eigenvalue weighted by Gasteiger charge is 2.13. The fourth-order valence-electron chi connectivity index (χ4n) is 5.34. The lowest BCUT2D eigenvalue weighted by Crippen LogP contribution is -2.23. The predicted molar refractivity (Wildman–Crippen MR) is 146 cm³/mol. The average molecular weight is 470 g/mol. The molecule has 1 N–H and O–H groups in total. The van der Waals surface area contributed by atoms with E-state index in [4.69, 9.17) is 0 Å². The van der Waals surface area contributed by atoms with Crippen molar-refractivity contribution in [2.75, 3.05) is 0 Å². The molecule has 0 bridgehead atoms. The Balaban J connectivity index is 1.52. The molecule has 0 aliphatic heterocycles. The quantitative estimate of drug-likeness (QED) is 0.379. The van der Waals surface area contributed by atoms with Gasteiger partial charge in [-0.3, -0.25) is 28.7 Å². The third-order valence-corrected chi connectivity index (χ3v) is 7.23. The Hall–Kier alpha value is -4.84. The van der Waals surface area contributed by atoms with Crippen LogP contribution in [-0.2, 0) is 6.54 Å². The molecule has 0 radical (unpaired) electrons. The Morgan fingerprint density at radius 3 is 1.17 bits per heavy atom. The third-order valence-electron chi connectivity index (χ3n) is 7.23. The van der Waals surface area contributed by atoms with Gasteiger partial charge in [-0.2, -0.15) is 0 Å². The van der Waals surface area contributed by atoms with Crippen LogP contribution in [0.4, 0.5) is 0 Å². The van der Waals surface area contributed by atoms with Crippen LogP contribution in [0.3, 0.4) is 0 Å². The van der Waals surface area contributed by atoms with Crippen LogP contribution in [0, 0.1) is 0 Å². The van der Waals surface area contributed by atoms with Crippen LogP contribution in [0.2, 0.25) is 0 Å². The number of hydrogen-bond donors (Lipinski definition) is 1. The lowest BCUT2D eigenvalue weighted by Gasteiger charge is -2.04. The van der Waals surface area contributed by atoms with Gasteiger partial charge < -0.3 is 0 Å². The van der Waals surface area contributed by atoms with Gasteiger partial charge in [0.2, 0.25) is 0 Å². The number of H-pyrrole nitrogens is 1. The van der Waals surface area contributed by atoms with E-state index < -0.39 is 0 Å². The van der Waals surface area contributed by atoms with Gasteiger partial charge >= 0.3 is 0 Å². The lowest BCUT2D eigenvalue weighted by molar-refractivity contribution is 0.722. The summed E-state index contributed by atoms with van der Waals surface area (Å²) in [5.41, 5.74) is -1.23. The molecule has 0 aliphatic carbocycles. The number of rotatable bonds is 1. The molecule has 6 heteroatoms. The van der Waals surface area contributed by atoms with Crippen molar-refractivity contribution in [1.82, 2.24) is 9.55 Å². The first kappa shape index (κ1) is 20.5. The zero-order chi connectivity index (χ0) is 24.7. The minimum absolute atomic E-state index is 0.246. The van der Waals surface area contributed by atoms with E-state index in [1.165, 1.54) is 4.57 Å². The van der Waals surface area contributed by atoms with E-state index in [0.29, 0.717) is 28.1 Å². The molecule has 0 fully saturated rings. The average Bonchev–Trinajstić information content (AvgIpc) is 3.27. The summed E-state index contributed by atoms with van der Waals surface area (Å²) in [5.74, 6) is 0. The lowest BCUT2D eigenvalue weighted by atomic mass is 9.99. The van der Waals surface area contributed by atoms with Crippen molar-refractivity contribution in [3.63, 3.8) is 0 Å². The summed E-state index contributed by atoms with van der Waals surface area (Å²) in [6.07, 6.45) is 0. The highest BCUT2D eigenvalue weighted by atomic mass is 16.2. The molecule has 6 nitrogen and oxygen atoms in total. The van der Waals surface area contributed by atoms with Crippen LogP contribution in [0.5, 0.6) is 0 Å². The summed E-state index contributed by atoms with van der Waals surface area (Å²) >= 11 is 0. The van der Waals surface area contributed by atoms with Crippen LogP contribution in [0.1, 0.15) is 6.92 Å². The number of benzene rings is 4. The second-order valence-electron chi connectivity index (χ2n) is 9.26. The first-order valence-corrected chi connectivity index (χ1v) is 11.7. The van der Waals surface area contributed by atoms with Crippen LogP contribution in [-0.4, -0.2) is 9.55 Å². The molecular formula is C30H18N2O4. The molecule has 7 aromatic rings. The zero-order valence-corrected chi connectivity index (χ0v) is 19.2. The normalized spacial score (nSPS) is 12.0. The summed E-state index contributed by atoms with van der Waals surface area (Å²) in [7, 11) is 0. The molecule has 36 heavy (non-hydrogen) atoms. The zero-order valence-electron chi connectivity index (χ0n) is 19.2. The first-order chi connectivity index (χ1) is 17.4. The Kier molecular flexibility index (Phi) is 4.04. The molecule has 2 heterocycles. The van der Waals surface area contributed by atoms with E-state index in [0.717, 1.165) is 43.1 Å². The number of hydrogen-bond acceptors (Lipinski definition) is 4. The summed E-state index contributed by atoms with van der Waals surface area (Å²) < 4.78 is 1.27. The molecule has 172 valence electrons. The van der Waals surface area contributed by atoms with E-state index in [1.807, 2.05) is 60.7 Å². The van der Waals surface area contributed by atoms with E-state index in [-0.39, 0.29) is 22.2 Å². The maximum Gasteiger partial charge on any atom is 0.261 e. The Bertz CT molecular complexity index is 2170. The molecule has 0 atom stereocenters. The van der Waals surface area contributed by atoms with E-state index in [2.05, 4.69) is 4.98 Å². The van der Waals surface area contributed by atoms with E-state index >= 15 is 0 Å². The summed E-state index contributed by atoms with van der Waals surface area (Å²) in [6.45, 7) is 2.14. The van der Waals surface area contributed by atoms with Crippen molar-refractivity contribution in [2.45, 2.75) is 13.5 Å². The smallest absolute Gasteiger partial charge is 0.261 e. The second kappa shape index (κ2) is 7.09. The van der Waals surface area contributed by atoms with Crippen molar-refractivity contribution in [3.05, 3.63) is 114 Å². The van der Waals surface area contributed by atoms with Gasteiger partial charge in [0.25, 0.3) is 22.2 Å². The number of fused-ring (bicyclic) bond motifs is 6. The monoisotopic (exact) mass is 470 g/mol. The Morgan fingerprint density at radius 2 is 0.833 bits per heavy atom. The van der Waals surface area contributed by atoms with Crippen molar-refractivity contribution >= 4 is 64.6 Å². The van der Waals surface area contributed by atoms with Crippen LogP contribution in [0.15, 0.2) is 92.0 Å². The molecule has 2 aromatic heterocycles. The van der Waals surface area contributed by atoms with Gasteiger partial charge in [0.15, 0.2) is 0 Å². The van der Waals surface area contributed by atoms with Gasteiger partial charge in [-0.25, -0.2) is 0 Å². The summed E-state index contributed by atoms with van der Waals surface area (Å²) in [6, 6.07) is 23.4. The van der Waals surface area contributed by atoms with Gasteiger partial charge in [0, 0.05) is 6.54 Å². The van der Waals surface area contributed by atoms with Crippen molar-refractivity contribution in [1.29, 1.82) is 0 Å². The van der Waals surface area contributed by atoms with Crippen molar-refractivity contribution in [3.8, 4) is 0 Å². The topological polar surface area (TPSA) is 89.0 Å². The Labute approximate surface area is 202 Å². The number of nitrogens with zero attached hydrogens (tertiary/aromatic N) is 1. The maximum atomic E-state index is 12.7. The highest BCUT2D eigenvalue weighted by molar-refractivity contribution is 6.07. The standard InChI is InChI=1S/C30H18N2O4/c1-2-32-29(35)25-13-21-9-17-5-3-15-7-19-11-23-24(28(34)31-27(23)33)12-20(19)8-16(15)4-6-18(17)10-22(21)14-26(25)30(32)36/h3-14H,2H2,1H3,(H,31,33,34). The third kappa shape index (κ3) is 2.78. The fraction of sp³-hybridized carbons (Fsp3) is 0.0667. The molecule has 0 spiro atoms. The molecular weight excluding hydrogens is 452 g/mol. The van der Waals surface area contributed by atoms with Gasteiger partial charge in [-0.15, -0.1) is 0 Å². The molecule has 0 saturated heterocycles.